The molecule has 0 amide bonds. The van der Waals surface area contributed by atoms with E-state index in [1.807, 2.05) is 54.6 Å². The van der Waals surface area contributed by atoms with Crippen molar-refractivity contribution in [3.05, 3.63) is 89.7 Å². The van der Waals surface area contributed by atoms with Crippen LogP contribution < -0.4 is 15.8 Å². The van der Waals surface area contributed by atoms with Crippen LogP contribution in [-0.4, -0.2) is 5.96 Å². The molecule has 0 saturated heterocycles. The summed E-state index contributed by atoms with van der Waals surface area (Å²) < 4.78 is 19.6. The van der Waals surface area contributed by atoms with Crippen molar-refractivity contribution < 1.29 is 9.13 Å². The number of nitrogens with two attached hydrogens (primary N) is 1. The summed E-state index contributed by atoms with van der Waals surface area (Å²) in [5.41, 5.74) is 7.26. The van der Waals surface area contributed by atoms with Gasteiger partial charge in [0.15, 0.2) is 5.96 Å². The van der Waals surface area contributed by atoms with E-state index in [0.717, 1.165) is 5.75 Å². The molecule has 0 aromatic heterocycles. The lowest BCUT2D eigenvalue weighted by atomic mass is 10.1. The summed E-state index contributed by atoms with van der Waals surface area (Å²) in [6.45, 7) is 0.0282. The monoisotopic (exact) mass is 488 g/mol. The van der Waals surface area contributed by atoms with Crippen molar-refractivity contribution in [2.75, 3.05) is 5.32 Å². The molecule has 0 unspecified atom stereocenters. The highest BCUT2D eigenvalue weighted by Gasteiger charge is 2.04. The van der Waals surface area contributed by atoms with Crippen LogP contribution in [0.15, 0.2) is 77.8 Å². The van der Waals surface area contributed by atoms with Crippen LogP contribution in [0.1, 0.15) is 11.1 Å². The third-order valence-electron chi connectivity index (χ3n) is 3.68. The number of ether oxygens (including phenoxy) is 1. The first-order valence-corrected chi connectivity index (χ1v) is 8.22. The average molecular weight is 488 g/mol. The first-order valence-electron chi connectivity index (χ1n) is 8.22. The molecule has 5 nitrogen and oxygen atoms in total. The van der Waals surface area contributed by atoms with E-state index in [0.29, 0.717) is 22.6 Å². The Balaban J connectivity index is 0.00000280. The molecule has 0 aliphatic rings. The number of hydrogen-bond donors (Lipinski definition) is 2. The lowest BCUT2D eigenvalue weighted by molar-refractivity contribution is 0.483. The van der Waals surface area contributed by atoms with Crippen molar-refractivity contribution in [1.82, 2.24) is 0 Å². The minimum atomic E-state index is -0.427. The first-order chi connectivity index (χ1) is 13.1. The third kappa shape index (κ3) is 5.96. The third-order valence-corrected chi connectivity index (χ3v) is 3.68. The largest absolute Gasteiger partial charge is 0.457 e. The predicted molar refractivity (Wildman–Crippen MR) is 118 cm³/mol. The molecule has 0 aliphatic heterocycles. The smallest absolute Gasteiger partial charge is 0.193 e. The molecule has 0 bridgehead atoms. The van der Waals surface area contributed by atoms with Gasteiger partial charge in [0.25, 0.3) is 0 Å². The van der Waals surface area contributed by atoms with E-state index in [4.69, 9.17) is 15.7 Å². The summed E-state index contributed by atoms with van der Waals surface area (Å²) in [5.74, 6) is 1.08. The van der Waals surface area contributed by atoms with Gasteiger partial charge in [0, 0.05) is 17.3 Å². The highest BCUT2D eigenvalue weighted by molar-refractivity contribution is 14.0. The van der Waals surface area contributed by atoms with E-state index < -0.39 is 5.82 Å². The minimum Gasteiger partial charge on any atom is -0.457 e. The van der Waals surface area contributed by atoms with Gasteiger partial charge < -0.3 is 15.8 Å². The van der Waals surface area contributed by atoms with Crippen LogP contribution in [-0.2, 0) is 6.54 Å². The van der Waals surface area contributed by atoms with Gasteiger partial charge in [0.05, 0.1) is 18.2 Å². The molecule has 0 radical (unpaired) electrons. The van der Waals surface area contributed by atoms with Gasteiger partial charge in [-0.1, -0.05) is 24.3 Å². The summed E-state index contributed by atoms with van der Waals surface area (Å²) in [5, 5.41) is 11.8. The number of guanidine groups is 1. The Labute approximate surface area is 179 Å². The molecule has 7 heteroatoms. The fourth-order valence-electron chi connectivity index (χ4n) is 2.39. The topological polar surface area (TPSA) is 83.4 Å². The highest BCUT2D eigenvalue weighted by Crippen LogP contribution is 2.23. The van der Waals surface area contributed by atoms with E-state index >= 15 is 0 Å². The zero-order valence-electron chi connectivity index (χ0n) is 14.8. The molecule has 0 fully saturated rings. The Hall–Kier alpha value is -3.12. The molecule has 0 saturated carbocycles. The van der Waals surface area contributed by atoms with Crippen LogP contribution in [0.25, 0.3) is 0 Å². The molecule has 0 heterocycles. The van der Waals surface area contributed by atoms with Crippen molar-refractivity contribution in [3.63, 3.8) is 0 Å². The SMILES string of the molecule is I.N#Cc1ccc(F)c(CN=C(N)Nc2cccc(Oc3ccccc3)c2)c1. The Morgan fingerprint density at radius 3 is 2.54 bits per heavy atom. The quantitative estimate of drug-likeness (QED) is 0.300. The Bertz CT molecular complexity index is 1000. The summed E-state index contributed by atoms with van der Waals surface area (Å²) in [6, 6.07) is 22.8. The molecule has 3 rings (SSSR count). The number of anilines is 1. The van der Waals surface area contributed by atoms with Gasteiger partial charge in [-0.2, -0.15) is 5.26 Å². The molecule has 0 aliphatic carbocycles. The molecule has 28 heavy (non-hydrogen) atoms. The molecule has 3 N–H and O–H groups in total. The van der Waals surface area contributed by atoms with Gasteiger partial charge in [-0.3, -0.25) is 0 Å². The van der Waals surface area contributed by atoms with Crippen molar-refractivity contribution in [2.45, 2.75) is 6.54 Å². The van der Waals surface area contributed by atoms with Crippen molar-refractivity contribution >= 4 is 35.6 Å². The molecule has 0 atom stereocenters. The van der Waals surface area contributed by atoms with E-state index in [2.05, 4.69) is 10.3 Å². The normalized spacial score (nSPS) is 10.5. The predicted octanol–water partition coefficient (Wildman–Crippen LogP) is 5.03. The van der Waals surface area contributed by atoms with Gasteiger partial charge in [0.1, 0.15) is 17.3 Å². The zero-order valence-corrected chi connectivity index (χ0v) is 17.1. The summed E-state index contributed by atoms with van der Waals surface area (Å²) in [6.07, 6.45) is 0. The summed E-state index contributed by atoms with van der Waals surface area (Å²) in [7, 11) is 0. The fraction of sp³-hybridized carbons (Fsp3) is 0.0476. The zero-order chi connectivity index (χ0) is 19.1. The number of benzene rings is 3. The average Bonchev–Trinajstić information content (AvgIpc) is 2.68. The molecule has 142 valence electrons. The summed E-state index contributed by atoms with van der Waals surface area (Å²) >= 11 is 0. The van der Waals surface area contributed by atoms with Crippen LogP contribution in [0.5, 0.6) is 11.5 Å². The number of halogens is 2. The standard InChI is InChI=1S/C21H17FN4O.HI/c22-20-10-9-15(13-23)11-16(20)14-25-21(24)26-17-5-4-8-19(12-17)27-18-6-2-1-3-7-18;/h1-12H,14H2,(H3,24,25,26);1H. The number of rotatable bonds is 5. The van der Waals surface area contributed by atoms with E-state index in [1.165, 1.54) is 18.2 Å². The first kappa shape index (κ1) is 21.2. The van der Waals surface area contributed by atoms with E-state index in [9.17, 15) is 4.39 Å². The Morgan fingerprint density at radius 2 is 1.79 bits per heavy atom. The molecular formula is C21H18FIN4O. The van der Waals surface area contributed by atoms with Crippen LogP contribution >= 0.6 is 24.0 Å². The van der Waals surface area contributed by atoms with Gasteiger partial charge in [-0.05, 0) is 42.5 Å². The van der Waals surface area contributed by atoms with E-state index in [-0.39, 0.29) is 36.5 Å². The number of nitriles is 1. The van der Waals surface area contributed by atoms with Crippen molar-refractivity contribution in [2.24, 2.45) is 10.7 Å². The number of aliphatic imine (C=N–C) groups is 1. The second kappa shape index (κ2) is 10.3. The molecule has 3 aromatic carbocycles. The maximum Gasteiger partial charge on any atom is 0.193 e. The maximum atomic E-state index is 13.8. The number of para-hydroxylation sites is 1. The lowest BCUT2D eigenvalue weighted by Gasteiger charge is -2.09. The summed E-state index contributed by atoms with van der Waals surface area (Å²) in [4.78, 5) is 4.13. The number of hydrogen-bond acceptors (Lipinski definition) is 3. The molecular weight excluding hydrogens is 470 g/mol. The van der Waals surface area contributed by atoms with Crippen molar-refractivity contribution in [1.29, 1.82) is 5.26 Å². The van der Waals surface area contributed by atoms with Gasteiger partial charge >= 0.3 is 0 Å². The van der Waals surface area contributed by atoms with Gasteiger partial charge in [-0.25, -0.2) is 9.38 Å². The maximum absolute atomic E-state index is 13.8. The minimum absolute atomic E-state index is 0. The Kier molecular flexibility index (Phi) is 7.77. The van der Waals surface area contributed by atoms with Crippen LogP contribution in [0.2, 0.25) is 0 Å². The second-order valence-electron chi connectivity index (χ2n) is 5.69. The number of nitrogens with one attached hydrogen (secondary N) is 1. The lowest BCUT2D eigenvalue weighted by Crippen LogP contribution is -2.22. The molecule has 0 spiro atoms. The molecule has 3 aromatic rings. The van der Waals surface area contributed by atoms with E-state index in [1.54, 1.807) is 6.07 Å². The second-order valence-corrected chi connectivity index (χ2v) is 5.69. The van der Waals surface area contributed by atoms with Crippen LogP contribution in [0, 0.1) is 17.1 Å². The fourth-order valence-corrected chi connectivity index (χ4v) is 2.39. The van der Waals surface area contributed by atoms with Crippen LogP contribution in [0.4, 0.5) is 10.1 Å². The van der Waals surface area contributed by atoms with Crippen LogP contribution in [0.3, 0.4) is 0 Å². The number of nitrogens with zero attached hydrogens (tertiary/aromatic N) is 2. The Morgan fingerprint density at radius 1 is 1.04 bits per heavy atom. The highest BCUT2D eigenvalue weighted by atomic mass is 127. The van der Waals surface area contributed by atoms with Crippen molar-refractivity contribution in [3.8, 4) is 17.6 Å². The van der Waals surface area contributed by atoms with Gasteiger partial charge in [0.2, 0.25) is 0 Å². The van der Waals surface area contributed by atoms with Gasteiger partial charge in [-0.15, -0.1) is 24.0 Å².